The van der Waals surface area contributed by atoms with Crippen LogP contribution in [0, 0.1) is 0 Å². The highest BCUT2D eigenvalue weighted by molar-refractivity contribution is 6.00. The fourth-order valence-corrected chi connectivity index (χ4v) is 25.2. The summed E-state index contributed by atoms with van der Waals surface area (Å²) in [4.78, 5) is 14.7. The number of hydrogen-bond acceptors (Lipinski definition) is 5. The Morgan fingerprint density at radius 1 is 0.175 bits per heavy atom. The molecule has 0 unspecified atom stereocenters. The average Bonchev–Trinajstić information content (AvgIpc) is 1.50. The molecular formula is C138H123N5. The molecule has 0 aliphatic heterocycles. The van der Waals surface area contributed by atoms with Crippen molar-refractivity contribution in [1.29, 1.82) is 0 Å². The van der Waals surface area contributed by atoms with Gasteiger partial charge in [-0.05, 0) is 342 Å². The molecule has 0 fully saturated rings. The predicted octanol–water partition coefficient (Wildman–Crippen LogP) is 36.7. The zero-order chi connectivity index (χ0) is 98.3. The van der Waals surface area contributed by atoms with E-state index in [1.165, 1.54) is 223 Å². The summed E-state index contributed by atoms with van der Waals surface area (Å²) in [5, 5.41) is 6.30. The Morgan fingerprint density at radius 2 is 0.441 bits per heavy atom. The van der Waals surface area contributed by atoms with E-state index in [4.69, 9.17) is 4.98 Å². The molecule has 1 spiro atoms. The molecule has 700 valence electrons. The van der Waals surface area contributed by atoms with Crippen LogP contribution in [0.15, 0.2) is 431 Å². The first-order valence-electron chi connectivity index (χ1n) is 51.4. The Kier molecular flexibility index (Phi) is 22.6. The molecule has 20 aromatic rings. The van der Waals surface area contributed by atoms with E-state index in [9.17, 15) is 0 Å². The molecule has 0 radical (unpaired) electrons. The van der Waals surface area contributed by atoms with Crippen LogP contribution in [-0.4, -0.2) is 29.2 Å². The van der Waals surface area contributed by atoms with Gasteiger partial charge in [-0.1, -0.05) is 377 Å². The third-order valence-corrected chi connectivity index (χ3v) is 32.0. The molecule has 6 aliphatic carbocycles. The van der Waals surface area contributed by atoms with Crippen LogP contribution in [0.5, 0.6) is 0 Å². The largest absolute Gasteiger partial charge is 0.339 e. The highest BCUT2D eigenvalue weighted by Crippen LogP contribution is 2.64. The lowest BCUT2D eigenvalue weighted by Gasteiger charge is -2.34. The molecule has 26 rings (SSSR count). The van der Waals surface area contributed by atoms with Gasteiger partial charge in [0.05, 0.1) is 10.9 Å². The van der Waals surface area contributed by atoms with Crippen molar-refractivity contribution in [3.8, 4) is 89.0 Å². The van der Waals surface area contributed by atoms with E-state index in [-0.39, 0.29) is 33.1 Å². The van der Waals surface area contributed by atoms with Crippen molar-refractivity contribution >= 4 is 78.1 Å². The lowest BCUT2D eigenvalue weighted by Crippen LogP contribution is -2.28. The standard InChI is InChI=1S/C43H35N.2C34H31N.C27H26N2/c1-27(2)44(28-21-23-34-30-13-5-9-17-36(30)42(3,4)40(34)25-28)29-22-24-35-33-16-8-12-20-39(33)43(41(35)26-29)37-18-10-6-14-31(37)32-15-7-11-19-38(32)43;1-23(2)35(27-20-21-31-30-13-7-8-15-32(30)34(3,4)33(31)22-27)26-18-16-25(17-19-26)29-14-9-11-24-10-5-6-12-28(24)29;1-23(2)35(29-19-20-31-30-11-7-8-12-32(30)34(3,4)33(31)22-29)28-17-15-25(16-18-28)27-14-13-24-9-5-6-10-26(24)21-27;1-18(2)29(26-16-13-19-9-5-8-12-25(19)28-26)20-14-15-22-21-10-6-7-11-23(21)27(3,4)24(22)17-20/h5-27H,1-4H3;2*5-23H,1-4H3;5-18H,1-4H3. The Hall–Kier alpha value is -15.7. The van der Waals surface area contributed by atoms with Crippen molar-refractivity contribution in [2.45, 2.75) is 162 Å². The van der Waals surface area contributed by atoms with Gasteiger partial charge in [-0.25, -0.2) is 4.98 Å². The maximum atomic E-state index is 4.97. The van der Waals surface area contributed by atoms with Crippen molar-refractivity contribution in [3.05, 3.63) is 497 Å². The molecule has 143 heavy (non-hydrogen) atoms. The Balaban J connectivity index is 0.000000107. The zero-order valence-corrected chi connectivity index (χ0v) is 85.0. The third-order valence-electron chi connectivity index (χ3n) is 32.0. The van der Waals surface area contributed by atoms with Gasteiger partial charge in [0.2, 0.25) is 0 Å². The van der Waals surface area contributed by atoms with Crippen molar-refractivity contribution < 1.29 is 0 Å². The van der Waals surface area contributed by atoms with Crippen LogP contribution in [0.2, 0.25) is 0 Å². The summed E-state index contributed by atoms with van der Waals surface area (Å²) in [7, 11) is 0. The second-order valence-corrected chi connectivity index (χ2v) is 43.1. The summed E-state index contributed by atoms with van der Waals surface area (Å²) in [5.41, 5.74) is 47.4. The normalized spacial score (nSPS) is 14.3. The molecule has 1 aromatic heterocycles. The van der Waals surface area contributed by atoms with E-state index in [0.717, 1.165) is 11.3 Å². The Bertz CT molecular complexity index is 8310. The van der Waals surface area contributed by atoms with Gasteiger partial charge in [0.15, 0.2) is 0 Å². The number of pyridine rings is 1. The summed E-state index contributed by atoms with van der Waals surface area (Å²) in [5.74, 6) is 0.993. The van der Waals surface area contributed by atoms with E-state index in [1.807, 2.05) is 6.07 Å². The maximum Gasteiger partial charge on any atom is 0.133 e. The SMILES string of the molecule is CC(C)N(c1ccc(-c2ccc3ccccc3c2)cc1)c1ccc2c(c1)C(C)(C)c1ccccc1-2.CC(C)N(c1ccc(-c2cccc3ccccc23)cc1)c1ccc2c(c1)C(C)(C)c1ccccc1-2.CC(C)N(c1ccc2c(c1)C(C)(C)c1ccccc1-2)c1ccc2c(c1)C1(c3ccccc3-c3ccccc31)c1ccccc1-2.CC(C)N(c1ccc2c(c1)C(C)(C)c1ccccc1-2)c1ccc2ccccc2n1. The second kappa shape index (κ2) is 35.5. The number of benzene rings is 19. The van der Waals surface area contributed by atoms with Crippen molar-refractivity contribution in [2.75, 3.05) is 19.6 Å². The van der Waals surface area contributed by atoms with Crippen LogP contribution in [0.25, 0.3) is 121 Å². The van der Waals surface area contributed by atoms with E-state index in [2.05, 4.69) is 555 Å². The van der Waals surface area contributed by atoms with Crippen LogP contribution in [-0.2, 0) is 27.1 Å². The number of hydrogen-bond donors (Lipinski definition) is 0. The van der Waals surface area contributed by atoms with Gasteiger partial charge < -0.3 is 19.6 Å². The fourth-order valence-electron chi connectivity index (χ4n) is 25.2. The summed E-state index contributed by atoms with van der Waals surface area (Å²) in [6.07, 6.45) is 0. The van der Waals surface area contributed by atoms with Gasteiger partial charge in [0.25, 0.3) is 0 Å². The summed E-state index contributed by atoms with van der Waals surface area (Å²) in [6, 6.07) is 160. The zero-order valence-electron chi connectivity index (χ0n) is 85.0. The Labute approximate surface area is 845 Å². The van der Waals surface area contributed by atoms with E-state index < -0.39 is 0 Å². The first-order valence-corrected chi connectivity index (χ1v) is 51.4. The fraction of sp³-hybridized carbons (Fsp3) is 0.181. The second-order valence-electron chi connectivity index (χ2n) is 43.1. The lowest BCUT2D eigenvalue weighted by atomic mass is 9.70. The molecule has 19 aromatic carbocycles. The van der Waals surface area contributed by atoms with E-state index >= 15 is 0 Å². The molecule has 0 saturated carbocycles. The first-order chi connectivity index (χ1) is 69.3. The van der Waals surface area contributed by atoms with Crippen LogP contribution < -0.4 is 19.6 Å². The molecule has 0 N–H and O–H groups in total. The maximum absolute atomic E-state index is 4.97. The number of anilines is 8. The Morgan fingerprint density at radius 3 is 0.839 bits per heavy atom. The number of rotatable bonds is 14. The van der Waals surface area contributed by atoms with Crippen LogP contribution >= 0.6 is 0 Å². The first kappa shape index (κ1) is 91.1. The van der Waals surface area contributed by atoms with Gasteiger partial charge >= 0.3 is 0 Å². The van der Waals surface area contributed by atoms with Gasteiger partial charge in [0, 0.05) is 91.0 Å². The monoisotopic (exact) mass is 1850 g/mol. The highest BCUT2D eigenvalue weighted by atomic mass is 15.2. The molecule has 0 amide bonds. The van der Waals surface area contributed by atoms with E-state index in [0.29, 0.717) is 18.1 Å². The van der Waals surface area contributed by atoms with Gasteiger partial charge in [-0.3, -0.25) is 0 Å². The number of aromatic nitrogens is 1. The molecule has 5 heteroatoms. The van der Waals surface area contributed by atoms with Crippen molar-refractivity contribution in [3.63, 3.8) is 0 Å². The molecule has 5 nitrogen and oxygen atoms in total. The summed E-state index contributed by atoms with van der Waals surface area (Å²) in [6.45, 7) is 36.9. The van der Waals surface area contributed by atoms with Gasteiger partial charge in [-0.15, -0.1) is 0 Å². The molecule has 6 aliphatic rings. The minimum Gasteiger partial charge on any atom is -0.339 e. The van der Waals surface area contributed by atoms with Crippen molar-refractivity contribution in [2.24, 2.45) is 0 Å². The van der Waals surface area contributed by atoms with E-state index in [1.54, 1.807) is 0 Å². The predicted molar refractivity (Wildman–Crippen MR) is 608 cm³/mol. The summed E-state index contributed by atoms with van der Waals surface area (Å²) >= 11 is 0. The quantitative estimate of drug-likeness (QED) is 0.108. The minimum absolute atomic E-state index is 0.00139. The highest BCUT2D eigenvalue weighted by Gasteiger charge is 2.52. The molecule has 0 atom stereocenters. The molecular weight excluding hydrogens is 1730 g/mol. The topological polar surface area (TPSA) is 25.9 Å². The molecule has 0 bridgehead atoms. The lowest BCUT2D eigenvalue weighted by molar-refractivity contribution is 0.659. The van der Waals surface area contributed by atoms with Crippen LogP contribution in [0.1, 0.15) is 178 Å². The number of nitrogens with zero attached hydrogens (tertiary/aromatic N) is 5. The average molecular weight is 1850 g/mol. The summed E-state index contributed by atoms with van der Waals surface area (Å²) < 4.78 is 0. The smallest absolute Gasteiger partial charge is 0.133 e. The number of para-hydroxylation sites is 1. The van der Waals surface area contributed by atoms with Gasteiger partial charge in [-0.2, -0.15) is 0 Å². The number of fused-ring (bicyclic) bond motifs is 25. The van der Waals surface area contributed by atoms with Gasteiger partial charge in [0.1, 0.15) is 5.82 Å². The molecule has 1 heterocycles. The van der Waals surface area contributed by atoms with Crippen molar-refractivity contribution in [1.82, 2.24) is 4.98 Å². The van der Waals surface area contributed by atoms with Crippen LogP contribution in [0.3, 0.4) is 0 Å². The third kappa shape index (κ3) is 15.1. The molecule has 0 saturated heterocycles. The minimum atomic E-state index is -0.334. The van der Waals surface area contributed by atoms with Crippen LogP contribution in [0.4, 0.5) is 45.6 Å².